The number of nitrogens with zero attached hydrogens (tertiary/aromatic N) is 2. The first-order chi connectivity index (χ1) is 10.8. The third-order valence-corrected chi connectivity index (χ3v) is 4.21. The van der Waals surface area contributed by atoms with Gasteiger partial charge in [-0.15, -0.1) is 5.10 Å². The van der Waals surface area contributed by atoms with Gasteiger partial charge in [-0.3, -0.25) is 9.89 Å². The number of carbonyl (C=O) groups excluding carboxylic acids is 1. The van der Waals surface area contributed by atoms with Crippen molar-refractivity contribution in [3.63, 3.8) is 0 Å². The van der Waals surface area contributed by atoms with Gasteiger partial charge in [-0.25, -0.2) is 4.98 Å². The zero-order valence-electron chi connectivity index (χ0n) is 14.3. The third kappa shape index (κ3) is 5.10. The normalized spacial score (nSPS) is 12.9. The van der Waals surface area contributed by atoms with Gasteiger partial charge >= 0.3 is 0 Å². The Kier molecular flexibility index (Phi) is 5.46. The van der Waals surface area contributed by atoms with Crippen molar-refractivity contribution in [1.29, 1.82) is 0 Å². The fraction of sp³-hybridized carbons (Fsp3) is 0.471. The van der Waals surface area contributed by atoms with E-state index in [1.54, 1.807) is 0 Å². The SMILES string of the molecule is CCc1ccc(-c2nc(S[C@@H](C)C(=O)NC(C)(C)C)n[nH]2)cc1. The van der Waals surface area contributed by atoms with Crippen LogP contribution in [0, 0.1) is 0 Å². The van der Waals surface area contributed by atoms with E-state index < -0.39 is 0 Å². The smallest absolute Gasteiger partial charge is 0.233 e. The average Bonchev–Trinajstić information content (AvgIpc) is 2.94. The van der Waals surface area contributed by atoms with Crippen molar-refractivity contribution < 1.29 is 4.79 Å². The Morgan fingerprint density at radius 3 is 2.52 bits per heavy atom. The Labute approximate surface area is 141 Å². The summed E-state index contributed by atoms with van der Waals surface area (Å²) < 4.78 is 0. The molecule has 0 aliphatic heterocycles. The van der Waals surface area contributed by atoms with Crippen LogP contribution in [0.2, 0.25) is 0 Å². The van der Waals surface area contributed by atoms with Gasteiger partial charge in [0.25, 0.3) is 0 Å². The second kappa shape index (κ2) is 7.17. The monoisotopic (exact) mass is 332 g/mol. The molecule has 1 heterocycles. The number of rotatable bonds is 5. The summed E-state index contributed by atoms with van der Waals surface area (Å²) in [5.74, 6) is 0.708. The highest BCUT2D eigenvalue weighted by atomic mass is 32.2. The highest BCUT2D eigenvalue weighted by molar-refractivity contribution is 8.00. The van der Waals surface area contributed by atoms with E-state index in [-0.39, 0.29) is 16.7 Å². The fourth-order valence-corrected chi connectivity index (χ4v) is 2.73. The van der Waals surface area contributed by atoms with Crippen LogP contribution in [0.25, 0.3) is 11.4 Å². The molecule has 1 aromatic heterocycles. The van der Waals surface area contributed by atoms with Crippen LogP contribution >= 0.6 is 11.8 Å². The molecule has 2 rings (SSSR count). The molecule has 0 unspecified atom stereocenters. The lowest BCUT2D eigenvalue weighted by Gasteiger charge is -2.22. The Balaban J connectivity index is 2.02. The largest absolute Gasteiger partial charge is 0.351 e. The van der Waals surface area contributed by atoms with Gasteiger partial charge in [0.15, 0.2) is 5.82 Å². The maximum atomic E-state index is 12.1. The molecule has 0 spiro atoms. The van der Waals surface area contributed by atoms with Crippen molar-refractivity contribution in [2.45, 2.75) is 57.0 Å². The number of thioether (sulfide) groups is 1. The summed E-state index contributed by atoms with van der Waals surface area (Å²) in [5, 5.41) is 10.4. The molecular weight excluding hydrogens is 308 g/mol. The molecule has 1 atom stereocenters. The summed E-state index contributed by atoms with van der Waals surface area (Å²) in [6.07, 6.45) is 1.01. The number of amides is 1. The van der Waals surface area contributed by atoms with Crippen molar-refractivity contribution >= 4 is 17.7 Å². The first-order valence-corrected chi connectivity index (χ1v) is 8.67. The number of hydrogen-bond donors (Lipinski definition) is 2. The Bertz CT molecular complexity index is 658. The van der Waals surface area contributed by atoms with Gasteiger partial charge < -0.3 is 5.32 Å². The molecule has 0 bridgehead atoms. The lowest BCUT2D eigenvalue weighted by atomic mass is 10.1. The van der Waals surface area contributed by atoms with Crippen LogP contribution in [0.3, 0.4) is 0 Å². The van der Waals surface area contributed by atoms with Crippen molar-refractivity contribution in [2.75, 3.05) is 0 Å². The van der Waals surface area contributed by atoms with Gasteiger partial charge in [0, 0.05) is 11.1 Å². The second-order valence-corrected chi connectivity index (χ2v) is 7.82. The van der Waals surface area contributed by atoms with Crippen LogP contribution in [-0.4, -0.2) is 31.9 Å². The Hall–Kier alpha value is -1.82. The van der Waals surface area contributed by atoms with Crippen LogP contribution in [0.15, 0.2) is 29.4 Å². The number of aromatic amines is 1. The van der Waals surface area contributed by atoms with Crippen LogP contribution in [-0.2, 0) is 11.2 Å². The topological polar surface area (TPSA) is 70.7 Å². The van der Waals surface area contributed by atoms with Gasteiger partial charge in [-0.1, -0.05) is 43.0 Å². The number of benzene rings is 1. The molecule has 2 N–H and O–H groups in total. The van der Waals surface area contributed by atoms with Crippen molar-refractivity contribution in [3.05, 3.63) is 29.8 Å². The van der Waals surface area contributed by atoms with Crippen molar-refractivity contribution in [1.82, 2.24) is 20.5 Å². The van der Waals surface area contributed by atoms with E-state index in [0.717, 1.165) is 17.8 Å². The zero-order valence-corrected chi connectivity index (χ0v) is 15.1. The molecule has 0 aliphatic carbocycles. The van der Waals surface area contributed by atoms with Gasteiger partial charge in [0.2, 0.25) is 11.1 Å². The summed E-state index contributed by atoms with van der Waals surface area (Å²) in [6.45, 7) is 9.88. The molecular formula is C17H24N4OS. The number of H-pyrrole nitrogens is 1. The molecule has 124 valence electrons. The molecule has 23 heavy (non-hydrogen) atoms. The van der Waals surface area contributed by atoms with E-state index >= 15 is 0 Å². The zero-order chi connectivity index (χ0) is 17.0. The summed E-state index contributed by atoms with van der Waals surface area (Å²) >= 11 is 1.35. The number of aromatic nitrogens is 3. The molecule has 1 amide bonds. The number of aryl methyl sites for hydroxylation is 1. The highest BCUT2D eigenvalue weighted by Gasteiger charge is 2.21. The summed E-state index contributed by atoms with van der Waals surface area (Å²) in [5.41, 5.74) is 2.04. The number of nitrogens with one attached hydrogen (secondary N) is 2. The van der Waals surface area contributed by atoms with Gasteiger partial charge in [-0.2, -0.15) is 0 Å². The molecule has 0 saturated heterocycles. The van der Waals surface area contributed by atoms with E-state index in [4.69, 9.17) is 0 Å². The van der Waals surface area contributed by atoms with Crippen molar-refractivity contribution in [3.8, 4) is 11.4 Å². The predicted octanol–water partition coefficient (Wildman–Crippen LogP) is 3.43. The molecule has 5 nitrogen and oxygen atoms in total. The van der Waals surface area contributed by atoms with Crippen molar-refractivity contribution in [2.24, 2.45) is 0 Å². The van der Waals surface area contributed by atoms with E-state index in [2.05, 4.69) is 39.6 Å². The minimum atomic E-state index is -0.250. The number of carbonyl (C=O) groups is 1. The standard InChI is InChI=1S/C17H24N4OS/c1-6-12-7-9-13(10-8-12)14-18-16(21-20-14)23-11(2)15(22)19-17(3,4)5/h7-11H,6H2,1-5H3,(H,19,22)(H,18,20,21)/t11-/m0/s1. The highest BCUT2D eigenvalue weighted by Crippen LogP contribution is 2.23. The third-order valence-electron chi connectivity index (χ3n) is 3.25. The predicted molar refractivity (Wildman–Crippen MR) is 94.4 cm³/mol. The lowest BCUT2D eigenvalue weighted by Crippen LogP contribution is -2.44. The van der Waals surface area contributed by atoms with Gasteiger partial charge in [0.05, 0.1) is 5.25 Å². The van der Waals surface area contributed by atoms with E-state index in [9.17, 15) is 4.79 Å². The molecule has 0 radical (unpaired) electrons. The van der Waals surface area contributed by atoms with Crippen LogP contribution in [0.5, 0.6) is 0 Å². The molecule has 0 fully saturated rings. The maximum Gasteiger partial charge on any atom is 0.233 e. The van der Waals surface area contributed by atoms with E-state index in [0.29, 0.717) is 5.16 Å². The molecule has 6 heteroatoms. The van der Waals surface area contributed by atoms with Gasteiger partial charge in [0.1, 0.15) is 0 Å². The maximum absolute atomic E-state index is 12.1. The van der Waals surface area contributed by atoms with E-state index in [1.165, 1.54) is 17.3 Å². The van der Waals surface area contributed by atoms with E-state index in [1.807, 2.05) is 39.8 Å². The minimum Gasteiger partial charge on any atom is -0.351 e. The number of hydrogen-bond acceptors (Lipinski definition) is 4. The molecule has 0 saturated carbocycles. The van der Waals surface area contributed by atoms with Crippen LogP contribution in [0.1, 0.15) is 40.2 Å². The summed E-state index contributed by atoms with van der Waals surface area (Å²) in [7, 11) is 0. The summed E-state index contributed by atoms with van der Waals surface area (Å²) in [6, 6.07) is 8.24. The molecule has 2 aromatic rings. The Morgan fingerprint density at radius 2 is 1.96 bits per heavy atom. The molecule has 1 aromatic carbocycles. The Morgan fingerprint density at radius 1 is 1.30 bits per heavy atom. The molecule has 0 aliphatic rings. The average molecular weight is 332 g/mol. The van der Waals surface area contributed by atoms with Gasteiger partial charge in [-0.05, 0) is 39.7 Å². The first-order valence-electron chi connectivity index (χ1n) is 7.79. The quantitative estimate of drug-likeness (QED) is 0.823. The van der Waals surface area contributed by atoms with Crippen LogP contribution in [0.4, 0.5) is 0 Å². The minimum absolute atomic E-state index is 0.0128. The fourth-order valence-electron chi connectivity index (χ4n) is 2.01. The second-order valence-electron chi connectivity index (χ2n) is 6.52. The first kappa shape index (κ1) is 17.5. The van der Waals surface area contributed by atoms with Crippen LogP contribution < -0.4 is 5.32 Å². The summed E-state index contributed by atoms with van der Waals surface area (Å²) in [4.78, 5) is 16.6. The lowest BCUT2D eigenvalue weighted by molar-refractivity contribution is -0.121.